The number of carbonyl (C=O) groups is 3. The molecule has 6 nitrogen and oxygen atoms in total. The first-order chi connectivity index (χ1) is 11.5. The lowest BCUT2D eigenvalue weighted by Crippen LogP contribution is -2.52. The number of rotatable bonds is 11. The van der Waals surface area contributed by atoms with Gasteiger partial charge in [-0.1, -0.05) is 39.5 Å². The summed E-state index contributed by atoms with van der Waals surface area (Å²) in [5.74, 6) is -2.77. The van der Waals surface area contributed by atoms with Crippen LogP contribution >= 0.6 is 0 Å². The van der Waals surface area contributed by atoms with E-state index in [-0.39, 0.29) is 5.82 Å². The molecule has 126 valence electrons. The van der Waals surface area contributed by atoms with Crippen molar-refractivity contribution in [2.75, 3.05) is 0 Å². The third-order valence-electron chi connectivity index (χ3n) is 3.91. The maximum Gasteiger partial charge on any atom is 0.177 e. The molecule has 1 heterocycles. The Morgan fingerprint density at radius 1 is 1.08 bits per heavy atom. The Hall–Kier alpha value is -2.76. The molecular formula is C18H21N3O3. The highest BCUT2D eigenvalue weighted by Gasteiger charge is 2.55. The minimum Gasteiger partial charge on any atom is -0.295 e. The summed E-state index contributed by atoms with van der Waals surface area (Å²) < 4.78 is 0. The van der Waals surface area contributed by atoms with Crippen molar-refractivity contribution in [1.82, 2.24) is 15.0 Å². The first kappa shape index (κ1) is 19.3. The summed E-state index contributed by atoms with van der Waals surface area (Å²) in [6, 6.07) is 0. The molecule has 0 aromatic carbocycles. The van der Waals surface area contributed by atoms with Gasteiger partial charge in [0.2, 0.25) is 0 Å². The van der Waals surface area contributed by atoms with Gasteiger partial charge < -0.3 is 0 Å². The molecule has 0 aliphatic heterocycles. The summed E-state index contributed by atoms with van der Waals surface area (Å²) in [5.41, 5.74) is -1.90. The van der Waals surface area contributed by atoms with Crippen LogP contribution in [0.25, 0.3) is 0 Å². The minimum absolute atomic E-state index is 0.0800. The second kappa shape index (κ2) is 8.76. The van der Waals surface area contributed by atoms with E-state index in [2.05, 4.69) is 34.7 Å². The Balaban J connectivity index is 3.76. The molecule has 1 aromatic heterocycles. The second-order valence-electron chi connectivity index (χ2n) is 5.21. The number of allylic oxidation sites excluding steroid dienone is 3. The molecule has 0 saturated heterocycles. The van der Waals surface area contributed by atoms with Gasteiger partial charge in [0.15, 0.2) is 28.6 Å². The van der Waals surface area contributed by atoms with Crippen molar-refractivity contribution in [1.29, 1.82) is 0 Å². The maximum absolute atomic E-state index is 12.8. The number of hydrogen-bond donors (Lipinski definition) is 0. The van der Waals surface area contributed by atoms with Crippen molar-refractivity contribution in [2.45, 2.75) is 31.6 Å². The van der Waals surface area contributed by atoms with Crippen LogP contribution in [0.2, 0.25) is 0 Å². The molecule has 1 unspecified atom stereocenters. The molecule has 24 heavy (non-hydrogen) atoms. The number of aromatic nitrogens is 3. The topological polar surface area (TPSA) is 89.9 Å². The summed E-state index contributed by atoms with van der Waals surface area (Å²) in [6.45, 7) is 12.4. The highest BCUT2D eigenvalue weighted by Crippen LogP contribution is 2.37. The van der Waals surface area contributed by atoms with E-state index in [4.69, 9.17) is 0 Å². The summed E-state index contributed by atoms with van der Waals surface area (Å²) in [5, 5.41) is 0. The van der Waals surface area contributed by atoms with Crippen molar-refractivity contribution >= 4 is 17.3 Å². The lowest BCUT2D eigenvalue weighted by molar-refractivity contribution is -0.138. The number of carbonyl (C=O) groups excluding carboxylic acids is 3. The third kappa shape index (κ3) is 3.42. The molecule has 1 atom stereocenters. The Bertz CT molecular complexity index is 633. The molecule has 0 N–H and O–H groups in total. The van der Waals surface area contributed by atoms with Gasteiger partial charge in [0.25, 0.3) is 0 Å². The van der Waals surface area contributed by atoms with E-state index in [9.17, 15) is 14.4 Å². The fourth-order valence-electron chi connectivity index (χ4n) is 2.73. The molecule has 0 bridgehead atoms. The van der Waals surface area contributed by atoms with Gasteiger partial charge in [-0.05, 0) is 24.6 Å². The van der Waals surface area contributed by atoms with Crippen LogP contribution in [0.1, 0.15) is 32.0 Å². The first-order valence-corrected chi connectivity index (χ1v) is 7.63. The van der Waals surface area contributed by atoms with E-state index in [1.54, 1.807) is 0 Å². The summed E-state index contributed by atoms with van der Waals surface area (Å²) >= 11 is 0. The van der Waals surface area contributed by atoms with Crippen LogP contribution in [0, 0.1) is 5.92 Å². The summed E-state index contributed by atoms with van der Waals surface area (Å²) in [7, 11) is 0. The van der Waals surface area contributed by atoms with Crippen LogP contribution in [-0.2, 0) is 19.8 Å². The van der Waals surface area contributed by atoms with E-state index in [0.29, 0.717) is 12.8 Å². The van der Waals surface area contributed by atoms with Crippen molar-refractivity contribution in [3.05, 3.63) is 56.4 Å². The SMILES string of the molecule is C=CC(=O)C(CCCC)C(C(=O)C=C)(C(=O)C=C)c1ncncn1. The minimum atomic E-state index is -1.90. The monoisotopic (exact) mass is 327 g/mol. The third-order valence-corrected chi connectivity index (χ3v) is 3.91. The van der Waals surface area contributed by atoms with Crippen LogP contribution in [-0.4, -0.2) is 32.3 Å². The molecular weight excluding hydrogens is 306 g/mol. The number of unbranched alkanes of at least 4 members (excludes halogenated alkanes) is 1. The number of hydrogen-bond acceptors (Lipinski definition) is 6. The maximum atomic E-state index is 12.8. The van der Waals surface area contributed by atoms with Gasteiger partial charge in [-0.2, -0.15) is 0 Å². The van der Waals surface area contributed by atoms with Crippen LogP contribution in [0.3, 0.4) is 0 Å². The largest absolute Gasteiger partial charge is 0.295 e. The molecule has 0 fully saturated rings. The standard InChI is InChI=1S/C18H21N3O3/c1-5-9-10-13(14(22)6-2)18(15(23)7-3,16(24)8-4)17-20-11-19-12-21-17/h6-8,11-13H,2-5,9-10H2,1H3. The van der Waals surface area contributed by atoms with E-state index >= 15 is 0 Å². The zero-order chi connectivity index (χ0) is 18.2. The van der Waals surface area contributed by atoms with E-state index in [1.165, 1.54) is 12.7 Å². The predicted octanol–water partition coefficient (Wildman–Crippen LogP) is 2.18. The smallest absolute Gasteiger partial charge is 0.177 e. The Morgan fingerprint density at radius 3 is 2.04 bits per heavy atom. The molecule has 0 aliphatic rings. The molecule has 0 saturated carbocycles. The molecule has 0 amide bonds. The molecule has 0 radical (unpaired) electrons. The zero-order valence-electron chi connectivity index (χ0n) is 13.8. The van der Waals surface area contributed by atoms with E-state index in [0.717, 1.165) is 24.6 Å². The van der Waals surface area contributed by atoms with Gasteiger partial charge >= 0.3 is 0 Å². The Kier molecular flexibility index (Phi) is 7.04. The molecule has 1 aromatic rings. The first-order valence-electron chi connectivity index (χ1n) is 7.63. The quantitative estimate of drug-likeness (QED) is 0.457. The van der Waals surface area contributed by atoms with Crippen LogP contribution < -0.4 is 0 Å². The van der Waals surface area contributed by atoms with Crippen molar-refractivity contribution < 1.29 is 14.4 Å². The molecule has 1 rings (SSSR count). The molecule has 0 spiro atoms. The fourth-order valence-corrected chi connectivity index (χ4v) is 2.73. The fraction of sp³-hybridized carbons (Fsp3) is 0.333. The zero-order valence-corrected chi connectivity index (χ0v) is 13.8. The lowest BCUT2D eigenvalue weighted by atomic mass is 9.64. The van der Waals surface area contributed by atoms with Gasteiger partial charge in [0, 0.05) is 5.92 Å². The molecule has 6 heteroatoms. The number of nitrogens with zero attached hydrogens (tertiary/aromatic N) is 3. The van der Waals surface area contributed by atoms with E-state index < -0.39 is 28.7 Å². The average Bonchev–Trinajstić information content (AvgIpc) is 2.64. The van der Waals surface area contributed by atoms with E-state index in [1.807, 2.05) is 6.92 Å². The van der Waals surface area contributed by atoms with Crippen molar-refractivity contribution in [3.8, 4) is 0 Å². The van der Waals surface area contributed by atoms with Crippen LogP contribution in [0.4, 0.5) is 0 Å². The van der Waals surface area contributed by atoms with Gasteiger partial charge in [0.1, 0.15) is 12.7 Å². The summed E-state index contributed by atoms with van der Waals surface area (Å²) in [6.07, 6.45) is 7.25. The number of ketones is 3. The Morgan fingerprint density at radius 2 is 1.62 bits per heavy atom. The lowest BCUT2D eigenvalue weighted by Gasteiger charge is -2.34. The highest BCUT2D eigenvalue weighted by atomic mass is 16.2. The van der Waals surface area contributed by atoms with Gasteiger partial charge in [0.05, 0.1) is 0 Å². The molecule has 0 aliphatic carbocycles. The highest BCUT2D eigenvalue weighted by molar-refractivity contribution is 6.22. The normalized spacial score (nSPS) is 12.0. The second-order valence-corrected chi connectivity index (χ2v) is 5.21. The van der Waals surface area contributed by atoms with Gasteiger partial charge in [-0.3, -0.25) is 14.4 Å². The Labute approximate surface area is 141 Å². The summed E-state index contributed by atoms with van der Waals surface area (Å²) in [4.78, 5) is 49.8. The van der Waals surface area contributed by atoms with Crippen LogP contribution in [0.15, 0.2) is 50.6 Å². The van der Waals surface area contributed by atoms with Crippen LogP contribution in [0.5, 0.6) is 0 Å². The van der Waals surface area contributed by atoms with Gasteiger partial charge in [-0.15, -0.1) is 0 Å². The predicted molar refractivity (Wildman–Crippen MR) is 90.1 cm³/mol. The van der Waals surface area contributed by atoms with Crippen molar-refractivity contribution in [3.63, 3.8) is 0 Å². The average molecular weight is 327 g/mol. The van der Waals surface area contributed by atoms with Crippen molar-refractivity contribution in [2.24, 2.45) is 5.92 Å². The van der Waals surface area contributed by atoms with Gasteiger partial charge in [-0.25, -0.2) is 15.0 Å².